The third-order valence-electron chi connectivity index (χ3n) is 4.30. The van der Waals surface area contributed by atoms with E-state index in [0.29, 0.717) is 36.8 Å². The summed E-state index contributed by atoms with van der Waals surface area (Å²) in [5.41, 5.74) is 3.24. The lowest BCUT2D eigenvalue weighted by Crippen LogP contribution is -2.36. The Balaban J connectivity index is 0.00000480. The molecule has 0 saturated carbocycles. The standard InChI is InChI=1S/C23H30N4O3.HI/c1-5-24-23(25-15-17-7-11-19(12-8-17)21(28)27(3)4)26-16-18-9-13-20(14-10-18)22(29)30-6-2;/h7-14H,5-6,15-16H2,1-4H3,(H2,24,25,26);1H. The molecule has 168 valence electrons. The van der Waals surface area contributed by atoms with Gasteiger partial charge in [0.05, 0.1) is 18.7 Å². The Morgan fingerprint density at radius 2 is 1.48 bits per heavy atom. The van der Waals surface area contributed by atoms with Crippen LogP contribution in [0.15, 0.2) is 53.5 Å². The molecule has 0 spiro atoms. The third-order valence-corrected chi connectivity index (χ3v) is 4.30. The van der Waals surface area contributed by atoms with E-state index in [4.69, 9.17) is 4.74 Å². The Morgan fingerprint density at radius 3 is 2.03 bits per heavy atom. The van der Waals surface area contributed by atoms with E-state index in [9.17, 15) is 9.59 Å². The van der Waals surface area contributed by atoms with Crippen molar-refractivity contribution < 1.29 is 14.3 Å². The summed E-state index contributed by atoms with van der Waals surface area (Å²) in [6, 6.07) is 14.8. The molecule has 0 unspecified atom stereocenters. The van der Waals surface area contributed by atoms with Crippen LogP contribution in [0.2, 0.25) is 0 Å². The number of esters is 1. The molecule has 0 saturated heterocycles. The Hall–Kier alpha value is -2.62. The molecule has 2 N–H and O–H groups in total. The monoisotopic (exact) mass is 538 g/mol. The summed E-state index contributed by atoms with van der Waals surface area (Å²) in [6.45, 7) is 5.96. The fourth-order valence-electron chi connectivity index (χ4n) is 2.68. The Bertz CT molecular complexity index is 865. The molecule has 2 rings (SSSR count). The van der Waals surface area contributed by atoms with Crippen molar-refractivity contribution in [3.05, 3.63) is 70.8 Å². The summed E-state index contributed by atoms with van der Waals surface area (Å²) >= 11 is 0. The van der Waals surface area contributed by atoms with Gasteiger partial charge in [-0.3, -0.25) is 4.79 Å². The number of aliphatic imine (C=N–C) groups is 1. The van der Waals surface area contributed by atoms with Crippen molar-refractivity contribution >= 4 is 41.8 Å². The Kier molecular flexibility index (Phi) is 11.6. The topological polar surface area (TPSA) is 83.0 Å². The zero-order chi connectivity index (χ0) is 21.9. The molecule has 7 nitrogen and oxygen atoms in total. The van der Waals surface area contributed by atoms with Crippen LogP contribution in [-0.2, 0) is 17.8 Å². The van der Waals surface area contributed by atoms with Gasteiger partial charge in [0, 0.05) is 32.7 Å². The van der Waals surface area contributed by atoms with Crippen LogP contribution >= 0.6 is 24.0 Å². The van der Waals surface area contributed by atoms with Crippen LogP contribution in [0.25, 0.3) is 0 Å². The van der Waals surface area contributed by atoms with Crippen LogP contribution in [0.4, 0.5) is 0 Å². The second kappa shape index (κ2) is 13.6. The molecular formula is C23H31IN4O3. The number of rotatable bonds is 8. The first-order chi connectivity index (χ1) is 14.4. The van der Waals surface area contributed by atoms with Crippen molar-refractivity contribution in [2.75, 3.05) is 27.2 Å². The number of guanidine groups is 1. The van der Waals surface area contributed by atoms with Crippen molar-refractivity contribution in [3.63, 3.8) is 0 Å². The van der Waals surface area contributed by atoms with Crippen molar-refractivity contribution in [2.24, 2.45) is 4.99 Å². The quantitative estimate of drug-likeness (QED) is 0.233. The number of halogens is 1. The highest BCUT2D eigenvalue weighted by molar-refractivity contribution is 14.0. The molecule has 0 atom stereocenters. The summed E-state index contributed by atoms with van der Waals surface area (Å²) in [5, 5.41) is 6.51. The first kappa shape index (κ1) is 26.4. The summed E-state index contributed by atoms with van der Waals surface area (Å²) < 4.78 is 5.00. The first-order valence-corrected chi connectivity index (χ1v) is 10.0. The molecule has 0 aliphatic carbocycles. The Morgan fingerprint density at radius 1 is 0.903 bits per heavy atom. The van der Waals surface area contributed by atoms with E-state index < -0.39 is 0 Å². The van der Waals surface area contributed by atoms with Gasteiger partial charge < -0.3 is 20.3 Å². The molecule has 0 heterocycles. The lowest BCUT2D eigenvalue weighted by atomic mass is 10.1. The van der Waals surface area contributed by atoms with E-state index >= 15 is 0 Å². The first-order valence-electron chi connectivity index (χ1n) is 10.0. The molecular weight excluding hydrogens is 507 g/mol. The lowest BCUT2D eigenvalue weighted by Gasteiger charge is -2.12. The molecule has 2 aromatic rings. The fourth-order valence-corrected chi connectivity index (χ4v) is 2.68. The number of amides is 1. The minimum absolute atomic E-state index is 0. The van der Waals surface area contributed by atoms with Crippen LogP contribution in [0.5, 0.6) is 0 Å². The van der Waals surface area contributed by atoms with Crippen LogP contribution < -0.4 is 10.6 Å². The van der Waals surface area contributed by atoms with Crippen LogP contribution in [-0.4, -0.2) is 50.0 Å². The molecule has 0 bridgehead atoms. The normalized spacial score (nSPS) is 10.6. The third kappa shape index (κ3) is 8.56. The molecule has 0 aliphatic heterocycles. The van der Waals surface area contributed by atoms with Crippen molar-refractivity contribution in [1.82, 2.24) is 15.5 Å². The van der Waals surface area contributed by atoms with Gasteiger partial charge in [0.15, 0.2) is 5.96 Å². The van der Waals surface area contributed by atoms with E-state index in [2.05, 4.69) is 15.6 Å². The molecule has 0 aromatic heterocycles. The maximum Gasteiger partial charge on any atom is 0.338 e. The van der Waals surface area contributed by atoms with Gasteiger partial charge in [0.1, 0.15) is 0 Å². The van der Waals surface area contributed by atoms with E-state index in [1.807, 2.05) is 43.3 Å². The molecule has 0 aliphatic rings. The number of nitrogens with one attached hydrogen (secondary N) is 2. The Labute approximate surface area is 201 Å². The van der Waals surface area contributed by atoms with Gasteiger partial charge in [0.25, 0.3) is 5.91 Å². The molecule has 0 fully saturated rings. The minimum atomic E-state index is -0.315. The second-order valence-electron chi connectivity index (χ2n) is 6.86. The number of carbonyl (C=O) groups excluding carboxylic acids is 2. The SMILES string of the molecule is CCNC(=NCc1ccc(C(=O)N(C)C)cc1)NCc1ccc(C(=O)OCC)cc1.I. The number of ether oxygens (including phenoxy) is 1. The van der Waals surface area contributed by atoms with Gasteiger partial charge in [-0.2, -0.15) is 0 Å². The van der Waals surface area contributed by atoms with Crippen LogP contribution in [0.1, 0.15) is 45.7 Å². The number of carbonyl (C=O) groups is 2. The number of hydrogen-bond donors (Lipinski definition) is 2. The lowest BCUT2D eigenvalue weighted by molar-refractivity contribution is 0.0526. The zero-order valence-electron chi connectivity index (χ0n) is 18.5. The van der Waals surface area contributed by atoms with Crippen molar-refractivity contribution in [2.45, 2.75) is 26.9 Å². The molecule has 31 heavy (non-hydrogen) atoms. The molecule has 2 aromatic carbocycles. The highest BCUT2D eigenvalue weighted by Gasteiger charge is 2.08. The molecule has 1 amide bonds. The van der Waals surface area contributed by atoms with Crippen LogP contribution in [0, 0.1) is 0 Å². The minimum Gasteiger partial charge on any atom is -0.462 e. The maximum absolute atomic E-state index is 12.0. The highest BCUT2D eigenvalue weighted by Crippen LogP contribution is 2.08. The van der Waals surface area contributed by atoms with E-state index in [1.165, 1.54) is 0 Å². The number of benzene rings is 2. The number of nitrogens with zero attached hydrogens (tertiary/aromatic N) is 2. The second-order valence-corrected chi connectivity index (χ2v) is 6.86. The maximum atomic E-state index is 12.0. The van der Waals surface area contributed by atoms with Crippen molar-refractivity contribution in [1.29, 1.82) is 0 Å². The average molecular weight is 538 g/mol. The van der Waals surface area contributed by atoms with E-state index in [0.717, 1.165) is 17.7 Å². The summed E-state index contributed by atoms with van der Waals surface area (Å²) in [6.07, 6.45) is 0. The van der Waals surface area contributed by atoms with Gasteiger partial charge in [-0.05, 0) is 49.2 Å². The summed E-state index contributed by atoms with van der Waals surface area (Å²) in [7, 11) is 3.47. The van der Waals surface area contributed by atoms with E-state index in [-0.39, 0.29) is 35.9 Å². The van der Waals surface area contributed by atoms with Crippen molar-refractivity contribution in [3.8, 4) is 0 Å². The average Bonchev–Trinajstić information content (AvgIpc) is 2.76. The predicted molar refractivity (Wildman–Crippen MR) is 134 cm³/mol. The summed E-state index contributed by atoms with van der Waals surface area (Å²) in [5.74, 6) is 0.361. The highest BCUT2D eigenvalue weighted by atomic mass is 127. The smallest absolute Gasteiger partial charge is 0.338 e. The molecule has 8 heteroatoms. The van der Waals surface area contributed by atoms with Gasteiger partial charge in [-0.25, -0.2) is 9.79 Å². The summed E-state index contributed by atoms with van der Waals surface area (Å²) in [4.78, 5) is 29.9. The van der Waals surface area contributed by atoms with Gasteiger partial charge >= 0.3 is 5.97 Å². The van der Waals surface area contributed by atoms with Gasteiger partial charge in [-0.15, -0.1) is 24.0 Å². The molecule has 0 radical (unpaired) electrons. The largest absolute Gasteiger partial charge is 0.462 e. The zero-order valence-corrected chi connectivity index (χ0v) is 20.8. The van der Waals surface area contributed by atoms with E-state index in [1.54, 1.807) is 38.1 Å². The van der Waals surface area contributed by atoms with Crippen LogP contribution in [0.3, 0.4) is 0 Å². The predicted octanol–water partition coefficient (Wildman–Crippen LogP) is 3.44. The number of hydrogen-bond acceptors (Lipinski definition) is 4. The van der Waals surface area contributed by atoms with Gasteiger partial charge in [0.2, 0.25) is 0 Å². The fraction of sp³-hybridized carbons (Fsp3) is 0.348. The van der Waals surface area contributed by atoms with Gasteiger partial charge in [-0.1, -0.05) is 24.3 Å².